The average molecular weight is 541 g/mol. The normalized spacial score (nSPS) is 25.0. The van der Waals surface area contributed by atoms with Crippen molar-refractivity contribution in [3.05, 3.63) is 29.0 Å². The minimum atomic E-state index is -4.54. The molecule has 37 heavy (non-hydrogen) atoms. The molecule has 4 rings (SSSR count). The Bertz CT molecular complexity index is 1190. The van der Waals surface area contributed by atoms with Crippen LogP contribution >= 0.6 is 11.6 Å². The number of hydrogen-bond acceptors (Lipinski definition) is 6. The quantitative estimate of drug-likeness (QED) is 0.493. The fourth-order valence-electron chi connectivity index (χ4n) is 5.40. The van der Waals surface area contributed by atoms with Crippen molar-refractivity contribution in [1.29, 1.82) is 0 Å². The molecule has 0 bridgehead atoms. The molecule has 2 amide bonds. The summed E-state index contributed by atoms with van der Waals surface area (Å²) < 4.78 is 39.9. The van der Waals surface area contributed by atoms with Crippen LogP contribution in [0.3, 0.4) is 0 Å². The molecule has 1 aliphatic carbocycles. The smallest absolute Gasteiger partial charge is 0.358 e. The zero-order chi connectivity index (χ0) is 27.1. The topological polar surface area (TPSA) is 99.2 Å². The van der Waals surface area contributed by atoms with Crippen LogP contribution in [0.25, 0.3) is 10.9 Å². The summed E-state index contributed by atoms with van der Waals surface area (Å²) in [7, 11) is 0. The number of halogens is 4. The second-order valence-corrected chi connectivity index (χ2v) is 11.2. The summed E-state index contributed by atoms with van der Waals surface area (Å²) in [5, 5.41) is 9.64. The van der Waals surface area contributed by atoms with Crippen LogP contribution in [0, 0.1) is 0 Å². The third kappa shape index (κ3) is 6.43. The van der Waals surface area contributed by atoms with E-state index in [0.717, 1.165) is 18.6 Å². The molecule has 0 spiro atoms. The molecular formula is C25H32ClF3N6O2. The standard InChI is InChI=1S/C25H32ClF3N6O2/c1-13(36)30-19-12-15(34-24(2,3)4)6-8-20(19)35-10-9-18(22(35)37)31-21-16-11-14(25(27,28)29)5-7-17(16)32-23(26)33-21/h5,7,11,15,18-20,34H,6,8-10,12H2,1-4H3,(H,30,36)(H,31,32,33)/t15-,18?,19-,20+/m1/s1. The number of fused-ring (bicyclic) bond motifs is 1. The van der Waals surface area contributed by atoms with Crippen LogP contribution < -0.4 is 16.0 Å². The van der Waals surface area contributed by atoms with Crippen molar-refractivity contribution in [2.75, 3.05) is 11.9 Å². The zero-order valence-corrected chi connectivity index (χ0v) is 22.0. The molecular weight excluding hydrogens is 509 g/mol. The first-order chi connectivity index (χ1) is 17.2. The highest BCUT2D eigenvalue weighted by Gasteiger charge is 2.42. The molecule has 1 saturated carbocycles. The van der Waals surface area contributed by atoms with Gasteiger partial charge in [0.2, 0.25) is 17.1 Å². The van der Waals surface area contributed by atoms with Gasteiger partial charge in [0.05, 0.1) is 23.2 Å². The average Bonchev–Trinajstić information content (AvgIpc) is 3.11. The number of amides is 2. The molecule has 1 unspecified atom stereocenters. The maximum Gasteiger partial charge on any atom is 0.416 e. The van der Waals surface area contributed by atoms with E-state index in [-0.39, 0.29) is 57.5 Å². The fourth-order valence-corrected chi connectivity index (χ4v) is 5.58. The second-order valence-electron chi connectivity index (χ2n) is 10.9. The maximum atomic E-state index is 13.5. The number of likely N-dealkylation sites (tertiary alicyclic amines) is 1. The Labute approximate surface area is 218 Å². The number of benzene rings is 1. The van der Waals surface area contributed by atoms with Crippen LogP contribution in [0.5, 0.6) is 0 Å². The van der Waals surface area contributed by atoms with Crippen LogP contribution in [0.2, 0.25) is 5.28 Å². The lowest BCUT2D eigenvalue weighted by Gasteiger charge is -2.43. The summed E-state index contributed by atoms with van der Waals surface area (Å²) in [6.45, 7) is 8.20. The molecule has 1 aromatic carbocycles. The van der Waals surface area contributed by atoms with E-state index in [1.54, 1.807) is 4.90 Å². The molecule has 12 heteroatoms. The Morgan fingerprint density at radius 2 is 1.86 bits per heavy atom. The predicted molar refractivity (Wildman–Crippen MR) is 135 cm³/mol. The lowest BCUT2D eigenvalue weighted by atomic mass is 9.84. The van der Waals surface area contributed by atoms with Crippen LogP contribution in [0.4, 0.5) is 19.0 Å². The Morgan fingerprint density at radius 3 is 2.51 bits per heavy atom. The van der Waals surface area contributed by atoms with E-state index in [4.69, 9.17) is 11.6 Å². The number of alkyl halides is 3. The van der Waals surface area contributed by atoms with Crippen LogP contribution in [0.1, 0.15) is 58.9 Å². The number of anilines is 1. The highest BCUT2D eigenvalue weighted by atomic mass is 35.5. The highest BCUT2D eigenvalue weighted by molar-refractivity contribution is 6.28. The Kier molecular flexibility index (Phi) is 7.58. The molecule has 8 nitrogen and oxygen atoms in total. The van der Waals surface area contributed by atoms with Crippen molar-refractivity contribution in [3.8, 4) is 0 Å². The minimum absolute atomic E-state index is 0.0790. The summed E-state index contributed by atoms with van der Waals surface area (Å²) in [5.74, 6) is -0.259. The van der Waals surface area contributed by atoms with Gasteiger partial charge in [-0.05, 0) is 76.3 Å². The van der Waals surface area contributed by atoms with Gasteiger partial charge in [-0.1, -0.05) is 0 Å². The van der Waals surface area contributed by atoms with Gasteiger partial charge in [-0.2, -0.15) is 13.2 Å². The minimum Gasteiger partial charge on any atom is -0.358 e. The number of carbonyl (C=O) groups is 2. The number of carbonyl (C=O) groups excluding carboxylic acids is 2. The first kappa shape index (κ1) is 27.4. The summed E-state index contributed by atoms with van der Waals surface area (Å²) >= 11 is 6.03. The van der Waals surface area contributed by atoms with Gasteiger partial charge in [0.15, 0.2) is 0 Å². The second kappa shape index (κ2) is 10.2. The van der Waals surface area contributed by atoms with Crippen molar-refractivity contribution in [2.45, 2.75) is 89.3 Å². The van der Waals surface area contributed by atoms with E-state index in [2.05, 4.69) is 46.7 Å². The van der Waals surface area contributed by atoms with Gasteiger partial charge < -0.3 is 20.9 Å². The van der Waals surface area contributed by atoms with Crippen molar-refractivity contribution in [2.24, 2.45) is 0 Å². The summed E-state index contributed by atoms with van der Waals surface area (Å²) in [5.41, 5.74) is -0.676. The van der Waals surface area contributed by atoms with Gasteiger partial charge in [0, 0.05) is 30.4 Å². The first-order valence-corrected chi connectivity index (χ1v) is 12.8. The zero-order valence-electron chi connectivity index (χ0n) is 21.2. The Morgan fingerprint density at radius 1 is 1.14 bits per heavy atom. The molecule has 2 aliphatic rings. The lowest BCUT2D eigenvalue weighted by molar-refractivity contribution is -0.137. The maximum absolute atomic E-state index is 13.5. The first-order valence-electron chi connectivity index (χ1n) is 12.4. The van der Waals surface area contributed by atoms with Crippen LogP contribution in [0.15, 0.2) is 18.2 Å². The number of hydrogen-bond donors (Lipinski definition) is 3. The van der Waals surface area contributed by atoms with Crippen molar-refractivity contribution < 1.29 is 22.8 Å². The molecule has 202 valence electrons. The van der Waals surface area contributed by atoms with Crippen molar-refractivity contribution in [3.63, 3.8) is 0 Å². The van der Waals surface area contributed by atoms with Gasteiger partial charge in [0.25, 0.3) is 0 Å². The third-order valence-electron chi connectivity index (χ3n) is 6.79. The lowest BCUT2D eigenvalue weighted by Crippen LogP contribution is -2.59. The Hall–Kier alpha value is -2.66. The fraction of sp³-hybridized carbons (Fsp3) is 0.600. The van der Waals surface area contributed by atoms with Gasteiger partial charge in [-0.15, -0.1) is 0 Å². The van der Waals surface area contributed by atoms with Crippen molar-refractivity contribution >= 4 is 40.1 Å². The number of nitrogens with zero attached hydrogens (tertiary/aromatic N) is 3. The van der Waals surface area contributed by atoms with E-state index in [1.165, 1.54) is 13.0 Å². The third-order valence-corrected chi connectivity index (χ3v) is 6.96. The number of rotatable bonds is 5. The molecule has 2 fully saturated rings. The van der Waals surface area contributed by atoms with E-state index in [9.17, 15) is 22.8 Å². The summed E-state index contributed by atoms with van der Waals surface area (Å²) in [6.07, 6.45) is -1.84. The van der Waals surface area contributed by atoms with Crippen molar-refractivity contribution in [1.82, 2.24) is 25.5 Å². The molecule has 1 aromatic heterocycles. The molecule has 3 N–H and O–H groups in total. The molecule has 1 saturated heterocycles. The van der Waals surface area contributed by atoms with Gasteiger partial charge in [-0.25, -0.2) is 9.97 Å². The monoisotopic (exact) mass is 540 g/mol. The van der Waals surface area contributed by atoms with E-state index < -0.39 is 17.8 Å². The number of nitrogens with one attached hydrogen (secondary N) is 3. The van der Waals surface area contributed by atoms with Crippen LogP contribution in [-0.2, 0) is 15.8 Å². The predicted octanol–water partition coefficient (Wildman–Crippen LogP) is 4.13. The highest BCUT2D eigenvalue weighted by Crippen LogP contribution is 2.34. The summed E-state index contributed by atoms with van der Waals surface area (Å²) in [4.78, 5) is 35.3. The van der Waals surface area contributed by atoms with Crippen LogP contribution in [-0.4, -0.2) is 62.9 Å². The van der Waals surface area contributed by atoms with Gasteiger partial charge in [0.1, 0.15) is 11.9 Å². The van der Waals surface area contributed by atoms with E-state index in [0.29, 0.717) is 25.8 Å². The molecule has 2 aromatic rings. The molecule has 4 atom stereocenters. The number of aromatic nitrogens is 2. The largest absolute Gasteiger partial charge is 0.416 e. The molecule has 2 heterocycles. The Balaban J connectivity index is 1.54. The molecule has 1 aliphatic heterocycles. The van der Waals surface area contributed by atoms with E-state index in [1.807, 2.05) is 0 Å². The van der Waals surface area contributed by atoms with Gasteiger partial charge >= 0.3 is 6.18 Å². The summed E-state index contributed by atoms with van der Waals surface area (Å²) in [6, 6.07) is 2.26. The molecule has 0 radical (unpaired) electrons. The van der Waals surface area contributed by atoms with E-state index >= 15 is 0 Å². The van der Waals surface area contributed by atoms with Gasteiger partial charge in [-0.3, -0.25) is 9.59 Å². The SMILES string of the molecule is CC(=O)N[C@@H]1C[C@H](NC(C)(C)C)CC[C@@H]1N1CCC(Nc2nc(Cl)nc3ccc(C(F)(F)F)cc23)C1=O.